The third-order valence-corrected chi connectivity index (χ3v) is 6.69. The Bertz CT molecular complexity index is 880. The van der Waals surface area contributed by atoms with E-state index in [1.165, 1.54) is 22.3 Å². The van der Waals surface area contributed by atoms with Crippen molar-refractivity contribution in [2.75, 3.05) is 19.7 Å². The quantitative estimate of drug-likeness (QED) is 0.879. The van der Waals surface area contributed by atoms with Crippen molar-refractivity contribution >= 4 is 12.1 Å². The Morgan fingerprint density at radius 1 is 0.929 bits per heavy atom. The number of carboxylic acids is 1. The number of benzene rings is 2. The highest BCUT2D eigenvalue weighted by Crippen LogP contribution is 2.45. The summed E-state index contributed by atoms with van der Waals surface area (Å²) in [4.78, 5) is 25.6. The lowest BCUT2D eigenvalue weighted by atomic mass is 9.98. The van der Waals surface area contributed by atoms with Gasteiger partial charge in [0.1, 0.15) is 6.61 Å². The van der Waals surface area contributed by atoms with Gasteiger partial charge in [-0.15, -0.1) is 0 Å². The number of carbonyl (C=O) groups is 2. The summed E-state index contributed by atoms with van der Waals surface area (Å²) in [6.07, 6.45) is 1.07. The average Bonchev–Trinajstić information content (AvgIpc) is 3.36. The van der Waals surface area contributed by atoms with Crippen molar-refractivity contribution in [3.05, 3.63) is 59.7 Å². The van der Waals surface area contributed by atoms with E-state index in [-0.39, 0.29) is 17.9 Å². The Kier molecular flexibility index (Phi) is 4.11. The van der Waals surface area contributed by atoms with Crippen LogP contribution in [0.15, 0.2) is 48.5 Å². The molecule has 0 spiro atoms. The maximum Gasteiger partial charge on any atom is 0.409 e. The van der Waals surface area contributed by atoms with E-state index in [0.717, 1.165) is 0 Å². The van der Waals surface area contributed by atoms with Gasteiger partial charge in [0.15, 0.2) is 0 Å². The molecule has 1 heterocycles. The number of carbonyl (C=O) groups excluding carboxylic acids is 1. The molecule has 1 unspecified atom stereocenters. The summed E-state index contributed by atoms with van der Waals surface area (Å²) in [5.41, 5.74) is 4.85. The van der Waals surface area contributed by atoms with Gasteiger partial charge in [-0.3, -0.25) is 4.79 Å². The fraction of sp³-hybridized carbons (Fsp3) is 0.391. The maximum absolute atomic E-state index is 12.7. The molecular formula is C23H23NO4. The van der Waals surface area contributed by atoms with E-state index in [4.69, 9.17) is 4.74 Å². The van der Waals surface area contributed by atoms with Crippen LogP contribution in [0.5, 0.6) is 0 Å². The van der Waals surface area contributed by atoms with Gasteiger partial charge in [0.05, 0.1) is 5.92 Å². The molecule has 5 nitrogen and oxygen atoms in total. The van der Waals surface area contributed by atoms with Gasteiger partial charge in [0.25, 0.3) is 0 Å². The van der Waals surface area contributed by atoms with Crippen molar-refractivity contribution in [2.24, 2.45) is 17.8 Å². The Balaban J connectivity index is 1.25. The first-order valence-corrected chi connectivity index (χ1v) is 9.94. The number of hydrogen-bond donors (Lipinski definition) is 1. The average molecular weight is 377 g/mol. The van der Waals surface area contributed by atoms with Gasteiger partial charge in [0, 0.05) is 19.0 Å². The second kappa shape index (κ2) is 6.66. The molecule has 28 heavy (non-hydrogen) atoms. The highest BCUT2D eigenvalue weighted by atomic mass is 16.6. The van der Waals surface area contributed by atoms with Gasteiger partial charge in [-0.1, -0.05) is 48.5 Å². The van der Waals surface area contributed by atoms with Crippen molar-refractivity contribution in [3.63, 3.8) is 0 Å². The molecule has 1 N–H and O–H groups in total. The largest absolute Gasteiger partial charge is 0.481 e. The highest BCUT2D eigenvalue weighted by molar-refractivity contribution is 5.79. The van der Waals surface area contributed by atoms with E-state index in [2.05, 4.69) is 24.3 Å². The first-order valence-electron chi connectivity index (χ1n) is 9.94. The zero-order valence-electron chi connectivity index (χ0n) is 15.6. The molecule has 0 radical (unpaired) electrons. The molecule has 1 amide bonds. The molecule has 5 heteroatoms. The standard InChI is InChI=1S/C23H23NO4/c25-22(26)14-9-15-11-24(12-16(15)10-14)23(27)28-13-21-19-7-3-1-5-17(19)18-6-2-4-8-20(18)21/h1-8,14-16,21H,9-13H2,(H,25,26)/t14?,15-,16+. The van der Waals surface area contributed by atoms with Crippen molar-refractivity contribution in [1.29, 1.82) is 0 Å². The van der Waals surface area contributed by atoms with Crippen LogP contribution in [0.3, 0.4) is 0 Å². The minimum atomic E-state index is -0.706. The molecule has 2 fully saturated rings. The molecule has 0 aromatic heterocycles. The fourth-order valence-corrected chi connectivity index (χ4v) is 5.34. The number of fused-ring (bicyclic) bond motifs is 4. The molecule has 2 aliphatic carbocycles. The monoisotopic (exact) mass is 377 g/mol. The summed E-state index contributed by atoms with van der Waals surface area (Å²) in [6.45, 7) is 1.56. The topological polar surface area (TPSA) is 66.8 Å². The summed E-state index contributed by atoms with van der Waals surface area (Å²) in [5, 5.41) is 9.20. The normalized spacial score (nSPS) is 25.3. The Labute approximate surface area is 163 Å². The molecule has 1 saturated heterocycles. The number of hydrogen-bond acceptors (Lipinski definition) is 3. The first kappa shape index (κ1) is 17.3. The summed E-state index contributed by atoms with van der Waals surface area (Å²) in [5.74, 6) is -0.306. The molecule has 3 aliphatic rings. The van der Waals surface area contributed by atoms with Crippen LogP contribution in [-0.2, 0) is 9.53 Å². The van der Waals surface area contributed by atoms with Gasteiger partial charge < -0.3 is 14.7 Å². The van der Waals surface area contributed by atoms with E-state index < -0.39 is 5.97 Å². The van der Waals surface area contributed by atoms with Gasteiger partial charge >= 0.3 is 12.1 Å². The fourth-order valence-electron chi connectivity index (χ4n) is 5.34. The van der Waals surface area contributed by atoms with Crippen LogP contribution in [-0.4, -0.2) is 41.8 Å². The molecule has 5 rings (SSSR count). The number of likely N-dealkylation sites (tertiary alicyclic amines) is 1. The minimum Gasteiger partial charge on any atom is -0.481 e. The van der Waals surface area contributed by atoms with E-state index in [1.807, 2.05) is 24.3 Å². The minimum absolute atomic E-state index is 0.0647. The number of carboxylic acid groups (broad SMARTS) is 1. The zero-order valence-corrected chi connectivity index (χ0v) is 15.6. The van der Waals surface area contributed by atoms with Gasteiger partial charge in [-0.05, 0) is 46.9 Å². The second-order valence-corrected chi connectivity index (χ2v) is 8.24. The summed E-state index contributed by atoms with van der Waals surface area (Å²) < 4.78 is 5.73. The number of nitrogens with zero attached hydrogens (tertiary/aromatic N) is 1. The Morgan fingerprint density at radius 3 is 2.00 bits per heavy atom. The van der Waals surface area contributed by atoms with Crippen molar-refractivity contribution in [1.82, 2.24) is 4.90 Å². The van der Waals surface area contributed by atoms with Crippen LogP contribution in [0.2, 0.25) is 0 Å². The molecular weight excluding hydrogens is 354 g/mol. The van der Waals surface area contributed by atoms with Crippen LogP contribution >= 0.6 is 0 Å². The Morgan fingerprint density at radius 2 is 1.46 bits per heavy atom. The number of ether oxygens (including phenoxy) is 1. The maximum atomic E-state index is 12.7. The van der Waals surface area contributed by atoms with Crippen LogP contribution < -0.4 is 0 Å². The van der Waals surface area contributed by atoms with Gasteiger partial charge in [-0.25, -0.2) is 4.79 Å². The van der Waals surface area contributed by atoms with Crippen LogP contribution in [0, 0.1) is 17.8 Å². The van der Waals surface area contributed by atoms with E-state index in [9.17, 15) is 14.7 Å². The van der Waals surface area contributed by atoms with E-state index >= 15 is 0 Å². The Hall–Kier alpha value is -2.82. The number of rotatable bonds is 3. The highest BCUT2D eigenvalue weighted by Gasteiger charge is 2.45. The van der Waals surface area contributed by atoms with Crippen molar-refractivity contribution < 1.29 is 19.4 Å². The SMILES string of the molecule is O=C(O)C1C[C@@H]2CN(C(=O)OCC3c4ccccc4-c4ccccc43)C[C@@H]2C1. The molecule has 0 bridgehead atoms. The molecule has 1 saturated carbocycles. The van der Waals surface area contributed by atoms with E-state index in [1.54, 1.807) is 4.90 Å². The van der Waals surface area contributed by atoms with Crippen LogP contribution in [0.1, 0.15) is 29.9 Å². The molecule has 2 aromatic rings. The summed E-state index contributed by atoms with van der Waals surface area (Å²) >= 11 is 0. The zero-order chi connectivity index (χ0) is 19.3. The first-order chi connectivity index (χ1) is 13.6. The third kappa shape index (κ3) is 2.77. The van der Waals surface area contributed by atoms with Crippen molar-refractivity contribution in [3.8, 4) is 11.1 Å². The smallest absolute Gasteiger partial charge is 0.409 e. The lowest BCUT2D eigenvalue weighted by Crippen LogP contribution is -2.32. The van der Waals surface area contributed by atoms with E-state index in [0.29, 0.717) is 44.4 Å². The molecule has 1 aliphatic heterocycles. The number of aliphatic carboxylic acids is 1. The summed E-state index contributed by atoms with van der Waals surface area (Å²) in [7, 11) is 0. The lowest BCUT2D eigenvalue weighted by molar-refractivity contribution is -0.141. The molecule has 144 valence electrons. The third-order valence-electron chi connectivity index (χ3n) is 6.69. The summed E-state index contributed by atoms with van der Waals surface area (Å²) in [6, 6.07) is 16.6. The second-order valence-electron chi connectivity index (χ2n) is 8.24. The molecule has 2 aromatic carbocycles. The van der Waals surface area contributed by atoms with Crippen LogP contribution in [0.25, 0.3) is 11.1 Å². The number of amides is 1. The predicted molar refractivity (Wildman–Crippen MR) is 104 cm³/mol. The van der Waals surface area contributed by atoms with Crippen molar-refractivity contribution in [2.45, 2.75) is 18.8 Å². The predicted octanol–water partition coefficient (Wildman–Crippen LogP) is 3.98. The van der Waals surface area contributed by atoms with Gasteiger partial charge in [-0.2, -0.15) is 0 Å². The molecule has 3 atom stereocenters. The lowest BCUT2D eigenvalue weighted by Gasteiger charge is -2.20. The van der Waals surface area contributed by atoms with Crippen LogP contribution in [0.4, 0.5) is 4.79 Å². The van der Waals surface area contributed by atoms with Gasteiger partial charge in [0.2, 0.25) is 0 Å².